The Labute approximate surface area is 200 Å². The summed E-state index contributed by atoms with van der Waals surface area (Å²) in [6.45, 7) is 16.0. The number of carbonyl (C=O) groups is 1. The summed E-state index contributed by atoms with van der Waals surface area (Å²) in [4.78, 5) is 12.9. The van der Waals surface area contributed by atoms with Gasteiger partial charge in [-0.25, -0.2) is 0 Å². The number of hydrogen-bond acceptors (Lipinski definition) is 4. The third kappa shape index (κ3) is 8.02. The van der Waals surface area contributed by atoms with Crippen LogP contribution in [-0.4, -0.2) is 20.6 Å². The van der Waals surface area contributed by atoms with Gasteiger partial charge in [-0.15, -0.1) is 0 Å². The van der Waals surface area contributed by atoms with Gasteiger partial charge in [-0.05, 0) is 90.3 Å². The molecule has 0 N–H and O–H groups in total. The SMILES string of the molecule is CCC(C)(I)C(=O)OC(c1ccc(OC(C)(C)C)cc1)c1ccc(OC(C)(C)C)cc1. The lowest BCUT2D eigenvalue weighted by Crippen LogP contribution is -2.31. The third-order valence-corrected chi connectivity index (χ3v) is 5.73. The first-order chi connectivity index (χ1) is 14.2. The Morgan fingerprint density at radius 2 is 1.13 bits per heavy atom. The van der Waals surface area contributed by atoms with Crippen molar-refractivity contribution in [3.05, 3.63) is 59.7 Å². The minimum atomic E-state index is -0.583. The van der Waals surface area contributed by atoms with Gasteiger partial charge < -0.3 is 14.2 Å². The van der Waals surface area contributed by atoms with Crippen molar-refractivity contribution < 1.29 is 19.0 Å². The van der Waals surface area contributed by atoms with Crippen LogP contribution in [0.25, 0.3) is 0 Å². The molecule has 0 spiro atoms. The van der Waals surface area contributed by atoms with Crippen LogP contribution in [0, 0.1) is 0 Å². The molecule has 1 atom stereocenters. The van der Waals surface area contributed by atoms with E-state index in [0.717, 1.165) is 22.6 Å². The molecular weight excluding hydrogens is 503 g/mol. The summed E-state index contributed by atoms with van der Waals surface area (Å²) in [7, 11) is 0. The van der Waals surface area contributed by atoms with Crippen molar-refractivity contribution in [3.63, 3.8) is 0 Å². The molecule has 0 aliphatic heterocycles. The summed E-state index contributed by atoms with van der Waals surface area (Å²) < 4.78 is 17.3. The molecule has 0 aliphatic rings. The normalized spacial score (nSPS) is 14.1. The fourth-order valence-electron chi connectivity index (χ4n) is 2.83. The van der Waals surface area contributed by atoms with Gasteiger partial charge in [0.25, 0.3) is 0 Å². The smallest absolute Gasteiger partial charge is 0.322 e. The van der Waals surface area contributed by atoms with E-state index >= 15 is 0 Å². The lowest BCUT2D eigenvalue weighted by atomic mass is 10.0. The molecule has 170 valence electrons. The number of halogens is 1. The number of hydrogen-bond donors (Lipinski definition) is 0. The molecule has 0 radical (unpaired) electrons. The van der Waals surface area contributed by atoms with Crippen molar-refractivity contribution in [3.8, 4) is 11.5 Å². The number of carbonyl (C=O) groups excluding carboxylic acids is 1. The lowest BCUT2D eigenvalue weighted by molar-refractivity contribution is -0.149. The van der Waals surface area contributed by atoms with Gasteiger partial charge in [-0.2, -0.15) is 0 Å². The summed E-state index contributed by atoms with van der Waals surface area (Å²) in [6.07, 6.45) is 0.177. The van der Waals surface area contributed by atoms with Crippen LogP contribution in [-0.2, 0) is 9.53 Å². The number of alkyl halides is 1. The monoisotopic (exact) mass is 538 g/mol. The van der Waals surface area contributed by atoms with Gasteiger partial charge in [0.15, 0.2) is 6.10 Å². The average Bonchev–Trinajstić information content (AvgIpc) is 2.65. The first-order valence-electron chi connectivity index (χ1n) is 10.7. The summed E-state index contributed by atoms with van der Waals surface area (Å²) in [5.74, 6) is 1.33. The Morgan fingerprint density at radius 3 is 1.42 bits per heavy atom. The van der Waals surface area contributed by atoms with Gasteiger partial charge in [0, 0.05) is 0 Å². The quantitative estimate of drug-likeness (QED) is 0.211. The Balaban J connectivity index is 2.36. The standard InChI is InChI=1S/C26H35IO4/c1-9-26(8,27)23(28)29-22(18-10-14-20(15-11-18)30-24(2,3)4)19-12-16-21(17-13-19)31-25(5,6)7/h10-17,22H,9H2,1-8H3. The van der Waals surface area contributed by atoms with Crippen molar-refractivity contribution in [2.45, 2.75) is 82.5 Å². The van der Waals surface area contributed by atoms with Crippen LogP contribution in [0.15, 0.2) is 48.5 Å². The van der Waals surface area contributed by atoms with Gasteiger partial charge in [-0.1, -0.05) is 53.8 Å². The van der Waals surface area contributed by atoms with Gasteiger partial charge in [-0.3, -0.25) is 4.79 Å². The molecule has 0 bridgehead atoms. The van der Waals surface area contributed by atoms with Crippen molar-refractivity contribution in [2.75, 3.05) is 0 Å². The summed E-state index contributed by atoms with van der Waals surface area (Å²) in [6, 6.07) is 15.5. The van der Waals surface area contributed by atoms with Crippen molar-refractivity contribution in [2.24, 2.45) is 0 Å². The van der Waals surface area contributed by atoms with Gasteiger partial charge >= 0.3 is 5.97 Å². The highest BCUT2D eigenvalue weighted by Gasteiger charge is 2.32. The van der Waals surface area contributed by atoms with Gasteiger partial charge in [0.2, 0.25) is 0 Å². The maximum atomic E-state index is 12.9. The summed E-state index contributed by atoms with van der Waals surface area (Å²) in [5.41, 5.74) is 1.23. The van der Waals surface area contributed by atoms with Crippen LogP contribution in [0.2, 0.25) is 0 Å². The van der Waals surface area contributed by atoms with Crippen LogP contribution >= 0.6 is 22.6 Å². The first-order valence-corrected chi connectivity index (χ1v) is 11.8. The Morgan fingerprint density at radius 1 is 0.774 bits per heavy atom. The second-order valence-electron chi connectivity index (χ2n) is 9.90. The Hall–Kier alpha value is -1.76. The van der Waals surface area contributed by atoms with Crippen molar-refractivity contribution >= 4 is 28.6 Å². The largest absolute Gasteiger partial charge is 0.488 e. The molecule has 0 fully saturated rings. The molecule has 2 aromatic rings. The van der Waals surface area contributed by atoms with E-state index in [0.29, 0.717) is 6.42 Å². The van der Waals surface area contributed by atoms with E-state index in [1.54, 1.807) is 0 Å². The lowest BCUT2D eigenvalue weighted by Gasteiger charge is -2.26. The van der Waals surface area contributed by atoms with E-state index in [9.17, 15) is 4.79 Å². The summed E-state index contributed by atoms with van der Waals surface area (Å²) >= 11 is 2.16. The molecular formula is C26H35IO4. The number of esters is 1. The first kappa shape index (κ1) is 25.5. The zero-order valence-electron chi connectivity index (χ0n) is 19.9. The minimum absolute atomic E-state index is 0.231. The van der Waals surface area contributed by atoms with E-state index in [-0.39, 0.29) is 17.2 Å². The molecule has 5 heteroatoms. The highest BCUT2D eigenvalue weighted by Crippen LogP contribution is 2.34. The Kier molecular flexibility index (Phi) is 8.06. The molecule has 0 aliphatic carbocycles. The second kappa shape index (κ2) is 9.80. The molecule has 4 nitrogen and oxygen atoms in total. The van der Waals surface area contributed by atoms with E-state index in [4.69, 9.17) is 14.2 Å². The van der Waals surface area contributed by atoms with Crippen LogP contribution in [0.3, 0.4) is 0 Å². The number of ether oxygens (including phenoxy) is 3. The Bertz CT molecular complexity index is 797. The molecule has 0 saturated carbocycles. The maximum absolute atomic E-state index is 12.9. The van der Waals surface area contributed by atoms with Crippen LogP contribution in [0.5, 0.6) is 11.5 Å². The highest BCUT2D eigenvalue weighted by molar-refractivity contribution is 14.1. The molecule has 2 rings (SSSR count). The number of benzene rings is 2. The molecule has 0 heterocycles. The van der Waals surface area contributed by atoms with Crippen LogP contribution in [0.1, 0.15) is 79.0 Å². The maximum Gasteiger partial charge on any atom is 0.322 e. The van der Waals surface area contributed by atoms with Crippen LogP contribution < -0.4 is 9.47 Å². The predicted molar refractivity (Wildman–Crippen MR) is 134 cm³/mol. The fourth-order valence-corrected chi connectivity index (χ4v) is 2.96. The molecule has 0 amide bonds. The second-order valence-corrected chi connectivity index (χ2v) is 12.3. The fraction of sp³-hybridized carbons (Fsp3) is 0.500. The van der Waals surface area contributed by atoms with E-state index in [2.05, 4.69) is 22.6 Å². The molecule has 2 aromatic carbocycles. The van der Waals surface area contributed by atoms with Crippen molar-refractivity contribution in [1.29, 1.82) is 0 Å². The minimum Gasteiger partial charge on any atom is -0.488 e. The van der Waals surface area contributed by atoms with E-state index in [1.165, 1.54) is 0 Å². The molecule has 1 unspecified atom stereocenters. The van der Waals surface area contributed by atoms with Crippen molar-refractivity contribution in [1.82, 2.24) is 0 Å². The van der Waals surface area contributed by atoms with Crippen LogP contribution in [0.4, 0.5) is 0 Å². The zero-order valence-corrected chi connectivity index (χ0v) is 22.1. The topological polar surface area (TPSA) is 44.8 Å². The van der Waals surface area contributed by atoms with Gasteiger partial charge in [0.05, 0.1) is 0 Å². The molecule has 0 aromatic heterocycles. The highest BCUT2D eigenvalue weighted by atomic mass is 127. The third-order valence-electron chi connectivity index (χ3n) is 4.53. The molecule has 31 heavy (non-hydrogen) atoms. The zero-order chi connectivity index (χ0) is 23.4. The van der Waals surface area contributed by atoms with E-state index in [1.807, 2.05) is 104 Å². The predicted octanol–water partition coefficient (Wildman–Crippen LogP) is 7.28. The summed E-state index contributed by atoms with van der Waals surface area (Å²) in [5, 5.41) is 0. The molecule has 0 saturated heterocycles. The average molecular weight is 538 g/mol. The number of rotatable bonds is 7. The van der Waals surface area contributed by atoms with E-state index < -0.39 is 9.53 Å². The van der Waals surface area contributed by atoms with Gasteiger partial charge in [0.1, 0.15) is 26.1 Å².